The van der Waals surface area contributed by atoms with E-state index in [1.165, 1.54) is 4.88 Å². The quantitative estimate of drug-likeness (QED) is 0.774. The molecule has 5 heteroatoms. The van der Waals surface area contributed by atoms with Crippen molar-refractivity contribution in [2.75, 3.05) is 11.9 Å². The lowest BCUT2D eigenvalue weighted by atomic mass is 9.85. The highest BCUT2D eigenvalue weighted by Crippen LogP contribution is 2.41. The van der Waals surface area contributed by atoms with Gasteiger partial charge in [-0.25, -0.2) is 4.79 Å². The Morgan fingerprint density at radius 3 is 2.58 bits per heavy atom. The molecule has 0 aromatic carbocycles. The number of amides is 1. The fourth-order valence-electron chi connectivity index (χ4n) is 3.16. The number of fused-ring (bicyclic) bond motifs is 1. The van der Waals surface area contributed by atoms with Gasteiger partial charge in [-0.15, -0.1) is 11.3 Å². The minimum atomic E-state index is -0.309. The molecule has 2 rings (SSSR count). The second kappa shape index (κ2) is 7.68. The highest BCUT2D eigenvalue weighted by molar-refractivity contribution is 7.17. The average molecular weight is 352 g/mol. The van der Waals surface area contributed by atoms with Gasteiger partial charge in [-0.3, -0.25) is 4.79 Å². The summed E-state index contributed by atoms with van der Waals surface area (Å²) in [6.07, 6.45) is 4.57. The number of thiophene rings is 1. The molecule has 0 fully saturated rings. The van der Waals surface area contributed by atoms with Gasteiger partial charge in [0.15, 0.2) is 0 Å². The SMILES string of the molecule is CCOC(=O)c1c(NC(=O)CC(C)(C)C)sc2c1CC[C@@H](CC)C2. The van der Waals surface area contributed by atoms with Crippen molar-refractivity contribution in [3.8, 4) is 0 Å². The molecule has 1 aliphatic carbocycles. The second-order valence-electron chi connectivity index (χ2n) is 7.73. The first-order valence-electron chi connectivity index (χ1n) is 8.86. The number of ether oxygens (including phenoxy) is 1. The van der Waals surface area contributed by atoms with Crippen molar-refractivity contribution >= 4 is 28.2 Å². The molecule has 1 amide bonds. The number of hydrogen-bond acceptors (Lipinski definition) is 4. The number of hydrogen-bond donors (Lipinski definition) is 1. The van der Waals surface area contributed by atoms with E-state index in [0.29, 0.717) is 29.5 Å². The zero-order chi connectivity index (χ0) is 17.9. The van der Waals surface area contributed by atoms with Gasteiger partial charge in [-0.05, 0) is 43.1 Å². The maximum Gasteiger partial charge on any atom is 0.341 e. The summed E-state index contributed by atoms with van der Waals surface area (Å²) in [5.74, 6) is 0.319. The summed E-state index contributed by atoms with van der Waals surface area (Å²) in [4.78, 5) is 26.0. The van der Waals surface area contributed by atoms with Crippen molar-refractivity contribution in [1.29, 1.82) is 0 Å². The lowest BCUT2D eigenvalue weighted by Gasteiger charge is -2.21. The van der Waals surface area contributed by atoms with E-state index in [9.17, 15) is 9.59 Å². The predicted octanol–water partition coefficient (Wildman–Crippen LogP) is 4.81. The second-order valence-corrected chi connectivity index (χ2v) is 8.84. The molecule has 24 heavy (non-hydrogen) atoms. The summed E-state index contributed by atoms with van der Waals surface area (Å²) in [5, 5.41) is 3.65. The molecule has 1 aromatic rings. The summed E-state index contributed by atoms with van der Waals surface area (Å²) >= 11 is 1.56. The third kappa shape index (κ3) is 4.59. The van der Waals surface area contributed by atoms with Crippen molar-refractivity contribution in [2.45, 2.75) is 66.7 Å². The van der Waals surface area contributed by atoms with Crippen LogP contribution in [-0.2, 0) is 22.4 Å². The highest BCUT2D eigenvalue weighted by Gasteiger charge is 2.30. The van der Waals surface area contributed by atoms with Gasteiger partial charge in [0.25, 0.3) is 0 Å². The molecule has 4 nitrogen and oxygen atoms in total. The fourth-order valence-corrected chi connectivity index (χ4v) is 4.53. The van der Waals surface area contributed by atoms with E-state index in [1.807, 2.05) is 27.7 Å². The van der Waals surface area contributed by atoms with Gasteiger partial charge in [0.2, 0.25) is 5.91 Å². The molecule has 0 spiro atoms. The molecule has 0 saturated heterocycles. The number of anilines is 1. The van der Waals surface area contributed by atoms with Crippen LogP contribution in [0.3, 0.4) is 0 Å². The van der Waals surface area contributed by atoms with Crippen LogP contribution in [0.1, 0.15) is 74.7 Å². The predicted molar refractivity (Wildman–Crippen MR) is 98.8 cm³/mol. The van der Waals surface area contributed by atoms with Gasteiger partial charge in [0.1, 0.15) is 5.00 Å². The summed E-state index contributed by atoms with van der Waals surface area (Å²) in [6, 6.07) is 0. The molecule has 1 aliphatic rings. The van der Waals surface area contributed by atoms with Crippen molar-refractivity contribution in [1.82, 2.24) is 0 Å². The third-order valence-corrected chi connectivity index (χ3v) is 5.54. The largest absolute Gasteiger partial charge is 0.462 e. The average Bonchev–Trinajstić information content (AvgIpc) is 2.81. The summed E-state index contributed by atoms with van der Waals surface area (Å²) in [6.45, 7) is 10.5. The molecule has 0 unspecified atom stereocenters. The van der Waals surface area contributed by atoms with Gasteiger partial charge in [0.05, 0.1) is 12.2 Å². The molecule has 1 heterocycles. The van der Waals surface area contributed by atoms with Crippen LogP contribution in [0.25, 0.3) is 0 Å². The van der Waals surface area contributed by atoms with E-state index >= 15 is 0 Å². The standard InChI is InChI=1S/C19H29NO3S/c1-6-12-8-9-13-14(10-12)24-17(16(13)18(22)23-7-2)20-15(21)11-19(3,4)5/h12H,6-11H2,1-5H3,(H,20,21)/t12-/m1/s1. The molecular formula is C19H29NO3S. The first-order valence-corrected chi connectivity index (χ1v) is 9.68. The minimum Gasteiger partial charge on any atom is -0.462 e. The molecule has 0 bridgehead atoms. The van der Waals surface area contributed by atoms with Gasteiger partial charge in [0, 0.05) is 11.3 Å². The van der Waals surface area contributed by atoms with E-state index in [0.717, 1.165) is 31.2 Å². The Bertz CT molecular complexity index is 613. The zero-order valence-corrected chi connectivity index (χ0v) is 16.3. The van der Waals surface area contributed by atoms with E-state index in [1.54, 1.807) is 11.3 Å². The van der Waals surface area contributed by atoms with Crippen LogP contribution < -0.4 is 5.32 Å². The van der Waals surface area contributed by atoms with Crippen LogP contribution in [-0.4, -0.2) is 18.5 Å². The Hall–Kier alpha value is -1.36. The van der Waals surface area contributed by atoms with Crippen LogP contribution in [0, 0.1) is 11.3 Å². The van der Waals surface area contributed by atoms with Gasteiger partial charge < -0.3 is 10.1 Å². The normalized spacial score (nSPS) is 17.3. The van der Waals surface area contributed by atoms with Crippen LogP contribution in [0.4, 0.5) is 5.00 Å². The van der Waals surface area contributed by atoms with E-state index in [2.05, 4.69) is 12.2 Å². The van der Waals surface area contributed by atoms with Crippen molar-refractivity contribution in [3.05, 3.63) is 16.0 Å². The number of rotatable bonds is 5. The van der Waals surface area contributed by atoms with Crippen LogP contribution in [0.5, 0.6) is 0 Å². The Morgan fingerprint density at radius 1 is 1.29 bits per heavy atom. The van der Waals surface area contributed by atoms with Crippen molar-refractivity contribution in [2.24, 2.45) is 11.3 Å². The fraction of sp³-hybridized carbons (Fsp3) is 0.684. The first kappa shape index (κ1) is 19.0. The Morgan fingerprint density at radius 2 is 2.00 bits per heavy atom. The van der Waals surface area contributed by atoms with Gasteiger partial charge >= 0.3 is 5.97 Å². The zero-order valence-electron chi connectivity index (χ0n) is 15.5. The van der Waals surface area contributed by atoms with Crippen LogP contribution in [0.15, 0.2) is 0 Å². The van der Waals surface area contributed by atoms with E-state index < -0.39 is 0 Å². The van der Waals surface area contributed by atoms with Crippen LogP contribution >= 0.6 is 11.3 Å². The van der Waals surface area contributed by atoms with Gasteiger partial charge in [-0.2, -0.15) is 0 Å². The van der Waals surface area contributed by atoms with E-state index in [-0.39, 0.29) is 17.3 Å². The lowest BCUT2D eigenvalue weighted by Crippen LogP contribution is -2.21. The third-order valence-electron chi connectivity index (χ3n) is 4.37. The summed E-state index contributed by atoms with van der Waals surface area (Å²) in [7, 11) is 0. The maximum atomic E-state index is 12.4. The Kier molecular flexibility index (Phi) is 6.07. The summed E-state index contributed by atoms with van der Waals surface area (Å²) < 4.78 is 5.25. The minimum absolute atomic E-state index is 0.0429. The van der Waals surface area contributed by atoms with Gasteiger partial charge in [-0.1, -0.05) is 34.1 Å². The van der Waals surface area contributed by atoms with Crippen LogP contribution in [0.2, 0.25) is 0 Å². The number of carbonyl (C=O) groups excluding carboxylic acids is 2. The van der Waals surface area contributed by atoms with Crippen molar-refractivity contribution < 1.29 is 14.3 Å². The number of esters is 1. The lowest BCUT2D eigenvalue weighted by molar-refractivity contribution is -0.117. The smallest absolute Gasteiger partial charge is 0.341 e. The first-order chi connectivity index (χ1) is 11.2. The molecule has 1 N–H and O–H groups in total. The molecule has 0 saturated carbocycles. The monoisotopic (exact) mass is 351 g/mol. The highest BCUT2D eigenvalue weighted by atomic mass is 32.1. The molecule has 0 aliphatic heterocycles. The topological polar surface area (TPSA) is 55.4 Å². The number of nitrogens with one attached hydrogen (secondary N) is 1. The molecule has 0 radical (unpaired) electrons. The molecule has 1 aromatic heterocycles. The Balaban J connectivity index is 2.30. The summed E-state index contributed by atoms with van der Waals surface area (Å²) in [5.41, 5.74) is 1.60. The molecular weight excluding hydrogens is 322 g/mol. The van der Waals surface area contributed by atoms with E-state index in [4.69, 9.17) is 4.74 Å². The Labute approximate surface area is 149 Å². The molecule has 1 atom stereocenters. The van der Waals surface area contributed by atoms with Crippen molar-refractivity contribution in [3.63, 3.8) is 0 Å². The maximum absolute atomic E-state index is 12.4. The molecule has 134 valence electrons. The number of carbonyl (C=O) groups is 2.